The Bertz CT molecular complexity index is 960. The van der Waals surface area contributed by atoms with Crippen molar-refractivity contribution in [1.29, 1.82) is 0 Å². The maximum Gasteiger partial charge on any atom is 0.248 e. The van der Waals surface area contributed by atoms with E-state index in [1.54, 1.807) is 0 Å². The first-order valence-corrected chi connectivity index (χ1v) is 10.5. The highest BCUT2D eigenvalue weighted by atomic mass is 79.9. The second-order valence-corrected chi connectivity index (χ2v) is 8.10. The fourth-order valence-electron chi connectivity index (χ4n) is 3.81. The maximum atomic E-state index is 6.00. The van der Waals surface area contributed by atoms with Crippen LogP contribution in [0.15, 0.2) is 27.2 Å². The van der Waals surface area contributed by atoms with E-state index in [1.165, 1.54) is 0 Å². The van der Waals surface area contributed by atoms with E-state index in [-0.39, 0.29) is 6.23 Å². The van der Waals surface area contributed by atoms with E-state index in [4.69, 9.17) is 13.9 Å². The Morgan fingerprint density at radius 3 is 2.82 bits per heavy atom. The summed E-state index contributed by atoms with van der Waals surface area (Å²) >= 11 is 3.62. The summed E-state index contributed by atoms with van der Waals surface area (Å²) in [5, 5.41) is 14.1. The molecular weight excluding hydrogens is 426 g/mol. The van der Waals surface area contributed by atoms with Gasteiger partial charge in [0, 0.05) is 29.6 Å². The Morgan fingerprint density at radius 1 is 1.11 bits per heavy atom. The van der Waals surface area contributed by atoms with Crippen LogP contribution in [0, 0.1) is 0 Å². The second kappa shape index (κ2) is 7.90. The Labute approximate surface area is 170 Å². The van der Waals surface area contributed by atoms with Crippen molar-refractivity contribution >= 4 is 26.8 Å². The Kier molecular flexibility index (Phi) is 5.15. The van der Waals surface area contributed by atoms with Gasteiger partial charge in [-0.3, -0.25) is 4.90 Å². The Hall–Kier alpha value is -1.81. The van der Waals surface area contributed by atoms with E-state index in [0.29, 0.717) is 18.3 Å². The minimum absolute atomic E-state index is 0.0204. The van der Waals surface area contributed by atoms with Gasteiger partial charge in [0.1, 0.15) is 0 Å². The molecule has 0 bridgehead atoms. The number of nitrogens with zero attached hydrogens (tertiary/aromatic N) is 5. The van der Waals surface area contributed by atoms with Crippen molar-refractivity contribution in [3.05, 3.63) is 28.7 Å². The molecule has 1 atom stereocenters. The molecule has 5 rings (SSSR count). The monoisotopic (exact) mass is 447 g/mol. The van der Waals surface area contributed by atoms with Crippen molar-refractivity contribution in [3.63, 3.8) is 0 Å². The number of aromatic nitrogens is 4. The highest BCUT2D eigenvalue weighted by molar-refractivity contribution is 9.10. The van der Waals surface area contributed by atoms with Gasteiger partial charge in [-0.15, -0.1) is 10.2 Å². The van der Waals surface area contributed by atoms with E-state index >= 15 is 0 Å². The van der Waals surface area contributed by atoms with E-state index in [2.05, 4.69) is 42.2 Å². The number of hydrogen-bond acceptors (Lipinski definition) is 7. The molecule has 1 aromatic carbocycles. The molecule has 0 aliphatic carbocycles. The Morgan fingerprint density at radius 2 is 2.00 bits per heavy atom. The van der Waals surface area contributed by atoms with Gasteiger partial charge in [-0.25, -0.2) is 4.68 Å². The van der Waals surface area contributed by atoms with Crippen LogP contribution < -0.4 is 0 Å². The van der Waals surface area contributed by atoms with Gasteiger partial charge in [-0.1, -0.05) is 15.9 Å². The lowest BCUT2D eigenvalue weighted by atomic mass is 10.1. The zero-order chi connectivity index (χ0) is 18.9. The fraction of sp³-hybridized carbons (Fsp3) is 0.526. The molecule has 2 fully saturated rings. The molecule has 2 aliphatic rings. The number of morpholine rings is 1. The highest BCUT2D eigenvalue weighted by Gasteiger charge is 2.22. The maximum absolute atomic E-state index is 6.00. The van der Waals surface area contributed by atoms with Gasteiger partial charge in [0.2, 0.25) is 11.8 Å². The molecule has 0 N–H and O–H groups in total. The third-order valence-corrected chi connectivity index (χ3v) is 5.73. The molecule has 3 aromatic rings. The summed E-state index contributed by atoms with van der Waals surface area (Å²) in [7, 11) is 0. The highest BCUT2D eigenvalue weighted by Crippen LogP contribution is 2.34. The van der Waals surface area contributed by atoms with Crippen LogP contribution in [-0.2, 0) is 16.0 Å². The summed E-state index contributed by atoms with van der Waals surface area (Å²) in [6.07, 6.45) is 5.08. The molecular formula is C19H22BrN5O3. The van der Waals surface area contributed by atoms with Gasteiger partial charge in [0.05, 0.1) is 37.0 Å². The zero-order valence-electron chi connectivity index (χ0n) is 15.5. The standard InChI is InChI=1S/C19H22BrN5O3/c20-13-9-14(19-23-22-17(28-19)12-24-4-7-26-8-5-24)15-11-21-25(16(15)10-13)18-3-1-2-6-27-18/h9-11,18H,1-8,12H2/t18-/m1/s1. The summed E-state index contributed by atoms with van der Waals surface area (Å²) in [5.74, 6) is 1.13. The van der Waals surface area contributed by atoms with Crippen LogP contribution in [0.3, 0.4) is 0 Å². The van der Waals surface area contributed by atoms with Gasteiger partial charge >= 0.3 is 0 Å². The lowest BCUT2D eigenvalue weighted by Crippen LogP contribution is -2.35. The van der Waals surface area contributed by atoms with E-state index in [1.807, 2.05) is 16.9 Å². The molecule has 148 valence electrons. The van der Waals surface area contributed by atoms with Gasteiger partial charge in [-0.05, 0) is 31.4 Å². The molecule has 0 unspecified atom stereocenters. The van der Waals surface area contributed by atoms with Crippen molar-refractivity contribution in [2.24, 2.45) is 0 Å². The Balaban J connectivity index is 1.46. The first-order chi connectivity index (χ1) is 13.8. The summed E-state index contributed by atoms with van der Waals surface area (Å²) < 4.78 is 20.2. The third-order valence-electron chi connectivity index (χ3n) is 5.27. The van der Waals surface area contributed by atoms with Crippen LogP contribution in [-0.4, -0.2) is 57.8 Å². The predicted octanol–water partition coefficient (Wildman–Crippen LogP) is 3.38. The molecule has 2 aliphatic heterocycles. The average Bonchev–Trinajstić information content (AvgIpc) is 3.36. The molecule has 2 saturated heterocycles. The first-order valence-electron chi connectivity index (χ1n) is 9.69. The molecule has 8 nitrogen and oxygen atoms in total. The lowest BCUT2D eigenvalue weighted by Gasteiger charge is -2.24. The molecule has 2 aromatic heterocycles. The van der Waals surface area contributed by atoms with Crippen molar-refractivity contribution in [1.82, 2.24) is 24.9 Å². The van der Waals surface area contributed by atoms with Crippen LogP contribution in [0.2, 0.25) is 0 Å². The minimum Gasteiger partial charge on any atom is -0.419 e. The van der Waals surface area contributed by atoms with E-state index in [9.17, 15) is 0 Å². The van der Waals surface area contributed by atoms with Crippen LogP contribution in [0.4, 0.5) is 0 Å². The SMILES string of the molecule is Brc1cc(-c2nnc(CN3CCOCC3)o2)c2cnn([C@H]3CCCCO3)c2c1. The van der Waals surface area contributed by atoms with Gasteiger partial charge in [-0.2, -0.15) is 5.10 Å². The molecule has 0 radical (unpaired) electrons. The van der Waals surface area contributed by atoms with Gasteiger partial charge < -0.3 is 13.9 Å². The topological polar surface area (TPSA) is 78.4 Å². The molecule has 4 heterocycles. The number of fused-ring (bicyclic) bond motifs is 1. The molecule has 9 heteroatoms. The summed E-state index contributed by atoms with van der Waals surface area (Å²) in [6.45, 7) is 4.68. The van der Waals surface area contributed by atoms with Crippen molar-refractivity contribution in [2.45, 2.75) is 32.0 Å². The summed E-state index contributed by atoms with van der Waals surface area (Å²) in [4.78, 5) is 2.26. The predicted molar refractivity (Wildman–Crippen MR) is 106 cm³/mol. The molecule has 0 spiro atoms. The third kappa shape index (κ3) is 3.59. The van der Waals surface area contributed by atoms with Crippen molar-refractivity contribution in [3.8, 4) is 11.5 Å². The van der Waals surface area contributed by atoms with Crippen molar-refractivity contribution in [2.75, 3.05) is 32.9 Å². The minimum atomic E-state index is -0.0204. The van der Waals surface area contributed by atoms with Crippen LogP contribution in [0.25, 0.3) is 22.4 Å². The quantitative estimate of drug-likeness (QED) is 0.606. The van der Waals surface area contributed by atoms with Gasteiger partial charge in [0.15, 0.2) is 6.23 Å². The molecule has 28 heavy (non-hydrogen) atoms. The molecule has 0 amide bonds. The lowest BCUT2D eigenvalue weighted by molar-refractivity contribution is -0.0366. The number of benzene rings is 1. The van der Waals surface area contributed by atoms with Crippen LogP contribution in [0.1, 0.15) is 31.4 Å². The summed E-state index contributed by atoms with van der Waals surface area (Å²) in [6, 6.07) is 4.07. The fourth-order valence-corrected chi connectivity index (χ4v) is 4.26. The normalized spacial score (nSPS) is 21.4. The number of hydrogen-bond donors (Lipinski definition) is 0. The number of ether oxygens (including phenoxy) is 2. The van der Waals surface area contributed by atoms with Gasteiger partial charge in [0.25, 0.3) is 0 Å². The molecule has 0 saturated carbocycles. The van der Waals surface area contributed by atoms with Crippen LogP contribution in [0.5, 0.6) is 0 Å². The zero-order valence-corrected chi connectivity index (χ0v) is 17.1. The number of rotatable bonds is 4. The summed E-state index contributed by atoms with van der Waals surface area (Å²) in [5.41, 5.74) is 1.89. The largest absolute Gasteiger partial charge is 0.419 e. The smallest absolute Gasteiger partial charge is 0.248 e. The van der Waals surface area contributed by atoms with Crippen molar-refractivity contribution < 1.29 is 13.9 Å². The first kappa shape index (κ1) is 18.2. The second-order valence-electron chi connectivity index (χ2n) is 7.19. The van der Waals surface area contributed by atoms with E-state index < -0.39 is 0 Å². The average molecular weight is 448 g/mol. The van der Waals surface area contributed by atoms with E-state index in [0.717, 1.165) is 73.1 Å². The number of halogens is 1. The van der Waals surface area contributed by atoms with Crippen LogP contribution >= 0.6 is 15.9 Å².